The summed E-state index contributed by atoms with van der Waals surface area (Å²) in [6.45, 7) is 2.06. The number of rotatable bonds is 5. The Morgan fingerprint density at radius 3 is 2.67 bits per heavy atom. The van der Waals surface area contributed by atoms with Crippen LogP contribution in [0, 0.1) is 6.92 Å². The molecule has 0 aliphatic heterocycles. The summed E-state index contributed by atoms with van der Waals surface area (Å²) in [5.41, 5.74) is 0. The minimum absolute atomic E-state index is 0.147. The molecular weight excluding hydrogens is 238 g/mol. The van der Waals surface area contributed by atoms with Crippen molar-refractivity contribution in [1.29, 1.82) is 0 Å². The van der Waals surface area contributed by atoms with E-state index in [9.17, 15) is 13.2 Å². The second-order valence-electron chi connectivity index (χ2n) is 2.99. The topological polar surface area (TPSA) is 83.5 Å². The maximum Gasteiger partial charge on any atom is 0.320 e. The van der Waals surface area contributed by atoms with Crippen molar-refractivity contribution in [2.45, 2.75) is 13.5 Å². The number of carboxylic acid groups (broad SMARTS) is 1. The van der Waals surface area contributed by atoms with Gasteiger partial charge in [0.25, 0.3) is 0 Å². The Kier molecular flexibility index (Phi) is 3.83. The smallest absolute Gasteiger partial charge is 0.320 e. The molecule has 0 radical (unpaired) electrons. The number of aliphatic carboxylic acids is 1. The first-order chi connectivity index (χ1) is 6.89. The van der Waals surface area contributed by atoms with E-state index in [2.05, 4.69) is 4.72 Å². The molecule has 0 atom stereocenters. The van der Waals surface area contributed by atoms with Gasteiger partial charge in [-0.15, -0.1) is 11.3 Å². The summed E-state index contributed by atoms with van der Waals surface area (Å²) in [5, 5.41) is 8.33. The summed E-state index contributed by atoms with van der Waals surface area (Å²) in [4.78, 5) is 12.2. The van der Waals surface area contributed by atoms with Gasteiger partial charge < -0.3 is 5.11 Å². The summed E-state index contributed by atoms with van der Waals surface area (Å²) in [6.07, 6.45) is 0. The van der Waals surface area contributed by atoms with E-state index < -0.39 is 21.7 Å². The second kappa shape index (κ2) is 4.73. The van der Waals surface area contributed by atoms with Gasteiger partial charge in [-0.1, -0.05) is 0 Å². The van der Waals surface area contributed by atoms with E-state index in [1.807, 2.05) is 19.1 Å². The maximum atomic E-state index is 11.1. The lowest BCUT2D eigenvalue weighted by atomic mass is 10.4. The van der Waals surface area contributed by atoms with Crippen molar-refractivity contribution < 1.29 is 18.3 Å². The van der Waals surface area contributed by atoms with Crippen molar-refractivity contribution in [1.82, 2.24) is 4.72 Å². The zero-order valence-electron chi connectivity index (χ0n) is 8.06. The van der Waals surface area contributed by atoms with E-state index in [-0.39, 0.29) is 6.54 Å². The quantitative estimate of drug-likeness (QED) is 0.798. The summed E-state index contributed by atoms with van der Waals surface area (Å²) < 4.78 is 24.5. The monoisotopic (exact) mass is 249 g/mol. The van der Waals surface area contributed by atoms with Gasteiger partial charge >= 0.3 is 5.97 Å². The third-order valence-electron chi connectivity index (χ3n) is 1.58. The van der Waals surface area contributed by atoms with E-state index in [0.717, 1.165) is 9.75 Å². The van der Waals surface area contributed by atoms with Crippen LogP contribution >= 0.6 is 11.3 Å². The Bertz CT molecular complexity index is 449. The third kappa shape index (κ3) is 4.41. The van der Waals surface area contributed by atoms with Gasteiger partial charge in [0.1, 0.15) is 0 Å². The summed E-state index contributed by atoms with van der Waals surface area (Å²) in [6, 6.07) is 3.69. The number of thiophene rings is 1. The molecule has 0 fully saturated rings. The first-order valence-electron chi connectivity index (χ1n) is 4.13. The normalized spacial score (nSPS) is 11.5. The van der Waals surface area contributed by atoms with E-state index >= 15 is 0 Å². The Balaban J connectivity index is 2.53. The Morgan fingerprint density at radius 2 is 2.20 bits per heavy atom. The molecule has 7 heteroatoms. The molecule has 0 aliphatic carbocycles. The highest BCUT2D eigenvalue weighted by molar-refractivity contribution is 7.90. The lowest BCUT2D eigenvalue weighted by Crippen LogP contribution is -2.29. The lowest BCUT2D eigenvalue weighted by Gasteiger charge is -2.01. The molecule has 0 saturated heterocycles. The fraction of sp³-hybridized carbons (Fsp3) is 0.375. The van der Waals surface area contributed by atoms with Crippen LogP contribution in [0.3, 0.4) is 0 Å². The summed E-state index contributed by atoms with van der Waals surface area (Å²) >= 11 is 1.47. The molecule has 0 saturated carbocycles. The van der Waals surface area contributed by atoms with E-state index in [4.69, 9.17) is 5.11 Å². The zero-order chi connectivity index (χ0) is 11.5. The van der Waals surface area contributed by atoms with Crippen LogP contribution in [0.5, 0.6) is 0 Å². The molecule has 0 amide bonds. The van der Waals surface area contributed by atoms with Gasteiger partial charge in [0.2, 0.25) is 10.0 Å². The van der Waals surface area contributed by atoms with Crippen LogP contribution in [-0.2, 0) is 21.4 Å². The fourth-order valence-electron chi connectivity index (χ4n) is 0.975. The van der Waals surface area contributed by atoms with Crippen molar-refractivity contribution in [2.24, 2.45) is 0 Å². The van der Waals surface area contributed by atoms with Crippen LogP contribution < -0.4 is 4.72 Å². The van der Waals surface area contributed by atoms with Crippen molar-refractivity contribution in [3.05, 3.63) is 21.9 Å². The fourth-order valence-corrected chi connectivity index (χ4v) is 2.70. The van der Waals surface area contributed by atoms with E-state index in [1.165, 1.54) is 11.3 Å². The number of sulfonamides is 1. The molecule has 0 aliphatic rings. The molecule has 84 valence electrons. The van der Waals surface area contributed by atoms with Gasteiger partial charge in [-0.2, -0.15) is 0 Å². The molecule has 0 bridgehead atoms. The van der Waals surface area contributed by atoms with Crippen molar-refractivity contribution in [2.75, 3.05) is 5.75 Å². The van der Waals surface area contributed by atoms with Gasteiger partial charge in [-0.25, -0.2) is 13.1 Å². The number of nitrogens with one attached hydrogen (secondary N) is 1. The minimum Gasteiger partial charge on any atom is -0.480 e. The SMILES string of the molecule is Cc1ccc(CNS(=O)(=O)CC(=O)O)s1. The Morgan fingerprint density at radius 1 is 1.53 bits per heavy atom. The molecule has 2 N–H and O–H groups in total. The van der Waals surface area contributed by atoms with Crippen molar-refractivity contribution in [3.8, 4) is 0 Å². The van der Waals surface area contributed by atoms with Gasteiger partial charge in [0, 0.05) is 16.3 Å². The Hall–Kier alpha value is -0.920. The molecular formula is C8H11NO4S2. The van der Waals surface area contributed by atoms with Gasteiger partial charge in [0.15, 0.2) is 5.75 Å². The van der Waals surface area contributed by atoms with E-state index in [1.54, 1.807) is 0 Å². The van der Waals surface area contributed by atoms with Gasteiger partial charge in [-0.05, 0) is 19.1 Å². The molecule has 1 aromatic rings. The van der Waals surface area contributed by atoms with Crippen molar-refractivity contribution >= 4 is 27.3 Å². The van der Waals surface area contributed by atoms with Crippen LogP contribution in [0.2, 0.25) is 0 Å². The average Bonchev–Trinajstić information content (AvgIpc) is 2.46. The Labute approximate surface area is 91.8 Å². The summed E-state index contributed by atoms with van der Waals surface area (Å²) in [7, 11) is -3.71. The molecule has 1 heterocycles. The van der Waals surface area contributed by atoms with Crippen molar-refractivity contribution in [3.63, 3.8) is 0 Å². The van der Waals surface area contributed by atoms with Gasteiger partial charge in [-0.3, -0.25) is 4.79 Å². The van der Waals surface area contributed by atoms with E-state index in [0.29, 0.717) is 0 Å². The molecule has 0 unspecified atom stereocenters. The number of hydrogen-bond donors (Lipinski definition) is 2. The highest BCUT2D eigenvalue weighted by Crippen LogP contribution is 2.14. The van der Waals surface area contributed by atoms with Crippen LogP contribution in [-0.4, -0.2) is 25.2 Å². The minimum atomic E-state index is -3.71. The lowest BCUT2D eigenvalue weighted by molar-refractivity contribution is -0.134. The number of carboxylic acids is 1. The van der Waals surface area contributed by atoms with Crippen LogP contribution in [0.4, 0.5) is 0 Å². The van der Waals surface area contributed by atoms with Gasteiger partial charge in [0.05, 0.1) is 0 Å². The first kappa shape index (κ1) is 12.2. The second-order valence-corrected chi connectivity index (χ2v) is 6.17. The zero-order valence-corrected chi connectivity index (χ0v) is 9.69. The number of aryl methyl sites for hydroxylation is 1. The predicted octanol–water partition coefficient (Wildman–Crippen LogP) is 0.561. The molecule has 5 nitrogen and oxygen atoms in total. The molecule has 0 spiro atoms. The number of carbonyl (C=O) groups is 1. The highest BCUT2D eigenvalue weighted by atomic mass is 32.2. The van der Waals surface area contributed by atoms with Crippen LogP contribution in [0.15, 0.2) is 12.1 Å². The maximum absolute atomic E-state index is 11.1. The first-order valence-corrected chi connectivity index (χ1v) is 6.60. The third-order valence-corrected chi connectivity index (χ3v) is 3.79. The van der Waals surface area contributed by atoms with Crippen LogP contribution in [0.1, 0.15) is 9.75 Å². The highest BCUT2D eigenvalue weighted by Gasteiger charge is 2.14. The summed E-state index contributed by atoms with van der Waals surface area (Å²) in [5.74, 6) is -2.25. The standard InChI is InChI=1S/C8H11NO4S2/c1-6-2-3-7(14-6)4-9-15(12,13)5-8(10)11/h2-3,9H,4-5H2,1H3,(H,10,11). The average molecular weight is 249 g/mol. The molecule has 1 rings (SSSR count). The molecule has 1 aromatic heterocycles. The number of hydrogen-bond acceptors (Lipinski definition) is 4. The molecule has 15 heavy (non-hydrogen) atoms. The largest absolute Gasteiger partial charge is 0.480 e. The van der Waals surface area contributed by atoms with Crippen LogP contribution in [0.25, 0.3) is 0 Å². The molecule has 0 aromatic carbocycles. The predicted molar refractivity (Wildman–Crippen MR) is 57.3 cm³/mol.